The standard InChI is InChI=1S/C13H18N4O2/c1-9(14)12-8-17(16-15-12)7-10-6-11(18-2)4-5-13(10)19-3/h4-6,8-9H,7,14H2,1-3H3. The maximum absolute atomic E-state index is 5.76. The van der Waals surface area contributed by atoms with Crippen LogP contribution in [0.4, 0.5) is 0 Å². The molecule has 0 spiro atoms. The minimum absolute atomic E-state index is 0.124. The summed E-state index contributed by atoms with van der Waals surface area (Å²) in [6, 6.07) is 5.53. The van der Waals surface area contributed by atoms with E-state index in [2.05, 4.69) is 10.3 Å². The zero-order valence-corrected chi connectivity index (χ0v) is 11.3. The Labute approximate surface area is 112 Å². The number of ether oxygens (including phenoxy) is 2. The van der Waals surface area contributed by atoms with Gasteiger partial charge in [0.15, 0.2) is 0 Å². The molecular weight excluding hydrogens is 244 g/mol. The van der Waals surface area contributed by atoms with Crippen molar-refractivity contribution in [2.24, 2.45) is 5.73 Å². The molecular formula is C13H18N4O2. The van der Waals surface area contributed by atoms with Gasteiger partial charge in [-0.25, -0.2) is 4.68 Å². The third kappa shape index (κ3) is 3.03. The van der Waals surface area contributed by atoms with Crippen molar-refractivity contribution >= 4 is 0 Å². The number of nitrogens with two attached hydrogens (primary N) is 1. The smallest absolute Gasteiger partial charge is 0.124 e. The van der Waals surface area contributed by atoms with Gasteiger partial charge in [-0.2, -0.15) is 0 Å². The molecule has 19 heavy (non-hydrogen) atoms. The van der Waals surface area contributed by atoms with Crippen LogP contribution in [0.25, 0.3) is 0 Å². The monoisotopic (exact) mass is 262 g/mol. The highest BCUT2D eigenvalue weighted by molar-refractivity contribution is 5.40. The van der Waals surface area contributed by atoms with E-state index in [0.717, 1.165) is 22.8 Å². The van der Waals surface area contributed by atoms with Crippen LogP contribution in [0.2, 0.25) is 0 Å². The van der Waals surface area contributed by atoms with Gasteiger partial charge in [-0.05, 0) is 25.1 Å². The predicted octanol–water partition coefficient (Wildman–Crippen LogP) is 1.36. The third-order valence-electron chi connectivity index (χ3n) is 2.84. The van der Waals surface area contributed by atoms with Crippen molar-refractivity contribution in [3.63, 3.8) is 0 Å². The molecule has 0 fully saturated rings. The number of benzene rings is 1. The maximum Gasteiger partial charge on any atom is 0.124 e. The first-order chi connectivity index (χ1) is 9.13. The van der Waals surface area contributed by atoms with Crippen molar-refractivity contribution < 1.29 is 9.47 Å². The first-order valence-electron chi connectivity index (χ1n) is 6.00. The molecule has 102 valence electrons. The fourth-order valence-electron chi connectivity index (χ4n) is 1.78. The van der Waals surface area contributed by atoms with E-state index in [1.54, 1.807) is 18.9 Å². The average molecular weight is 262 g/mol. The molecule has 1 aromatic carbocycles. The van der Waals surface area contributed by atoms with Crippen molar-refractivity contribution in [3.05, 3.63) is 35.7 Å². The van der Waals surface area contributed by atoms with Crippen molar-refractivity contribution in [3.8, 4) is 11.5 Å². The van der Waals surface area contributed by atoms with E-state index in [-0.39, 0.29) is 6.04 Å². The highest BCUT2D eigenvalue weighted by Gasteiger charge is 2.09. The zero-order chi connectivity index (χ0) is 13.8. The molecule has 0 aliphatic heterocycles. The molecule has 0 amide bonds. The van der Waals surface area contributed by atoms with Crippen LogP contribution in [0.1, 0.15) is 24.2 Å². The Morgan fingerprint density at radius 2 is 2.11 bits per heavy atom. The number of rotatable bonds is 5. The third-order valence-corrected chi connectivity index (χ3v) is 2.84. The number of aromatic nitrogens is 3. The van der Waals surface area contributed by atoms with E-state index in [4.69, 9.17) is 15.2 Å². The highest BCUT2D eigenvalue weighted by atomic mass is 16.5. The number of hydrogen-bond donors (Lipinski definition) is 1. The maximum atomic E-state index is 5.76. The van der Waals surface area contributed by atoms with Crippen molar-refractivity contribution in [1.29, 1.82) is 0 Å². The van der Waals surface area contributed by atoms with Crippen LogP contribution in [-0.4, -0.2) is 29.2 Å². The molecule has 1 atom stereocenters. The fourth-order valence-corrected chi connectivity index (χ4v) is 1.78. The van der Waals surface area contributed by atoms with Crippen LogP contribution in [0, 0.1) is 0 Å². The van der Waals surface area contributed by atoms with E-state index >= 15 is 0 Å². The van der Waals surface area contributed by atoms with Crippen LogP contribution in [0.15, 0.2) is 24.4 Å². The molecule has 1 heterocycles. The molecule has 0 radical (unpaired) electrons. The Morgan fingerprint density at radius 1 is 1.32 bits per heavy atom. The molecule has 0 aliphatic carbocycles. The molecule has 2 rings (SSSR count). The minimum Gasteiger partial charge on any atom is -0.497 e. The number of nitrogens with zero attached hydrogens (tertiary/aromatic N) is 3. The molecule has 1 unspecified atom stereocenters. The topological polar surface area (TPSA) is 75.2 Å². The Hall–Kier alpha value is -2.08. The van der Waals surface area contributed by atoms with Gasteiger partial charge in [0.05, 0.1) is 32.7 Å². The van der Waals surface area contributed by atoms with Crippen LogP contribution < -0.4 is 15.2 Å². The summed E-state index contributed by atoms with van der Waals surface area (Å²) < 4.78 is 12.3. The van der Waals surface area contributed by atoms with Crippen LogP contribution in [-0.2, 0) is 6.54 Å². The molecule has 6 nitrogen and oxygen atoms in total. The van der Waals surface area contributed by atoms with Crippen molar-refractivity contribution in [1.82, 2.24) is 15.0 Å². The van der Waals surface area contributed by atoms with Gasteiger partial charge in [0.1, 0.15) is 11.5 Å². The normalized spacial score (nSPS) is 12.2. The van der Waals surface area contributed by atoms with E-state index in [9.17, 15) is 0 Å². The summed E-state index contributed by atoms with van der Waals surface area (Å²) in [5.74, 6) is 1.57. The van der Waals surface area contributed by atoms with E-state index in [0.29, 0.717) is 6.54 Å². The summed E-state index contributed by atoms with van der Waals surface area (Å²) in [5.41, 5.74) is 7.50. The zero-order valence-electron chi connectivity index (χ0n) is 11.3. The molecule has 0 saturated heterocycles. The van der Waals surface area contributed by atoms with Crippen LogP contribution in [0.3, 0.4) is 0 Å². The summed E-state index contributed by atoms with van der Waals surface area (Å²) in [5, 5.41) is 8.08. The minimum atomic E-state index is -0.124. The Morgan fingerprint density at radius 3 is 2.68 bits per heavy atom. The quantitative estimate of drug-likeness (QED) is 0.880. The first kappa shape index (κ1) is 13.4. The van der Waals surface area contributed by atoms with Gasteiger partial charge >= 0.3 is 0 Å². The summed E-state index contributed by atoms with van der Waals surface area (Å²) >= 11 is 0. The molecule has 0 bridgehead atoms. The lowest BCUT2D eigenvalue weighted by molar-refractivity contribution is 0.396. The van der Waals surface area contributed by atoms with Crippen LogP contribution in [0.5, 0.6) is 11.5 Å². The summed E-state index contributed by atoms with van der Waals surface area (Å²) in [7, 11) is 3.27. The van der Waals surface area contributed by atoms with E-state index in [1.807, 2.05) is 31.3 Å². The van der Waals surface area contributed by atoms with E-state index < -0.39 is 0 Å². The molecule has 0 aliphatic rings. The Bertz CT molecular complexity index is 551. The van der Waals surface area contributed by atoms with Crippen LogP contribution >= 0.6 is 0 Å². The Kier molecular flexibility index (Phi) is 4.01. The lowest BCUT2D eigenvalue weighted by Crippen LogP contribution is -2.05. The first-order valence-corrected chi connectivity index (χ1v) is 6.00. The SMILES string of the molecule is COc1ccc(OC)c(Cn2cc(C(C)N)nn2)c1. The summed E-state index contributed by atoms with van der Waals surface area (Å²) in [6.07, 6.45) is 1.84. The van der Waals surface area contributed by atoms with Gasteiger partial charge in [-0.3, -0.25) is 0 Å². The van der Waals surface area contributed by atoms with Crippen molar-refractivity contribution in [2.45, 2.75) is 19.5 Å². The highest BCUT2D eigenvalue weighted by Crippen LogP contribution is 2.24. The fraction of sp³-hybridized carbons (Fsp3) is 0.385. The van der Waals surface area contributed by atoms with E-state index in [1.165, 1.54) is 0 Å². The lowest BCUT2D eigenvalue weighted by Gasteiger charge is -2.10. The average Bonchev–Trinajstić information content (AvgIpc) is 2.87. The molecule has 2 N–H and O–H groups in total. The van der Waals surface area contributed by atoms with Gasteiger partial charge in [-0.1, -0.05) is 5.21 Å². The molecule has 2 aromatic rings. The Balaban J connectivity index is 2.25. The van der Waals surface area contributed by atoms with Crippen molar-refractivity contribution in [2.75, 3.05) is 14.2 Å². The second kappa shape index (κ2) is 5.71. The lowest BCUT2D eigenvalue weighted by atomic mass is 10.2. The van der Waals surface area contributed by atoms with Gasteiger partial charge in [0.25, 0.3) is 0 Å². The van der Waals surface area contributed by atoms with Gasteiger partial charge < -0.3 is 15.2 Å². The second-order valence-corrected chi connectivity index (χ2v) is 4.31. The van der Waals surface area contributed by atoms with Gasteiger partial charge in [0.2, 0.25) is 0 Å². The largest absolute Gasteiger partial charge is 0.497 e. The molecule has 6 heteroatoms. The number of methoxy groups -OCH3 is 2. The second-order valence-electron chi connectivity index (χ2n) is 4.31. The predicted molar refractivity (Wildman–Crippen MR) is 71.3 cm³/mol. The van der Waals surface area contributed by atoms with Gasteiger partial charge in [-0.15, -0.1) is 5.10 Å². The number of hydrogen-bond acceptors (Lipinski definition) is 5. The summed E-state index contributed by atoms with van der Waals surface area (Å²) in [6.45, 7) is 2.43. The summed E-state index contributed by atoms with van der Waals surface area (Å²) in [4.78, 5) is 0. The molecule has 0 saturated carbocycles. The molecule has 1 aromatic heterocycles. The van der Waals surface area contributed by atoms with Gasteiger partial charge in [0, 0.05) is 11.6 Å².